The van der Waals surface area contributed by atoms with E-state index in [9.17, 15) is 9.59 Å². The van der Waals surface area contributed by atoms with Crippen LogP contribution in [0.2, 0.25) is 0 Å². The molecule has 1 atom stereocenters. The molecule has 7 nitrogen and oxygen atoms in total. The summed E-state index contributed by atoms with van der Waals surface area (Å²) in [6.07, 6.45) is 0.696. The second kappa shape index (κ2) is 10.2. The summed E-state index contributed by atoms with van der Waals surface area (Å²) in [5, 5.41) is 0.855. The van der Waals surface area contributed by atoms with Crippen molar-refractivity contribution in [1.82, 2.24) is 4.90 Å². The second-order valence-electron chi connectivity index (χ2n) is 8.29. The fraction of sp³-hybridized carbons (Fsp3) is 0.385. The van der Waals surface area contributed by atoms with Crippen molar-refractivity contribution in [3.8, 4) is 5.75 Å². The number of esters is 1. The topological polar surface area (TPSA) is 78.2 Å². The molecule has 0 saturated carbocycles. The molecule has 3 aromatic rings. The van der Waals surface area contributed by atoms with Crippen molar-refractivity contribution in [3.05, 3.63) is 75.1 Å². The maximum atomic E-state index is 12.2. The Morgan fingerprint density at radius 3 is 2.73 bits per heavy atom. The Hall–Kier alpha value is -3.16. The van der Waals surface area contributed by atoms with Crippen LogP contribution in [0, 0.1) is 6.92 Å². The molecule has 0 radical (unpaired) electrons. The molecule has 1 aliphatic rings. The number of aryl methyl sites for hydroxylation is 2. The van der Waals surface area contributed by atoms with Gasteiger partial charge in [0.1, 0.15) is 24.7 Å². The summed E-state index contributed by atoms with van der Waals surface area (Å²) < 4.78 is 22.0. The highest BCUT2D eigenvalue weighted by Gasteiger charge is 2.28. The highest BCUT2D eigenvalue weighted by molar-refractivity contribution is 5.86. The van der Waals surface area contributed by atoms with Gasteiger partial charge in [0.05, 0.1) is 12.2 Å². The largest absolute Gasteiger partial charge is 0.477 e. The van der Waals surface area contributed by atoms with E-state index < -0.39 is 0 Å². The van der Waals surface area contributed by atoms with Crippen LogP contribution in [0.25, 0.3) is 11.0 Å². The van der Waals surface area contributed by atoms with Gasteiger partial charge in [-0.3, -0.25) is 9.69 Å². The lowest BCUT2D eigenvalue weighted by Crippen LogP contribution is -2.35. The number of nitrogens with zero attached hydrogens (tertiary/aromatic N) is 1. The zero-order valence-electron chi connectivity index (χ0n) is 19.3. The van der Waals surface area contributed by atoms with E-state index >= 15 is 0 Å². The third-order valence-electron chi connectivity index (χ3n) is 6.08. The first kappa shape index (κ1) is 23.0. The van der Waals surface area contributed by atoms with Crippen LogP contribution in [0.3, 0.4) is 0 Å². The zero-order chi connectivity index (χ0) is 23.4. The molecule has 0 amide bonds. The molecule has 0 aliphatic carbocycles. The number of benzene rings is 2. The van der Waals surface area contributed by atoms with E-state index in [0.717, 1.165) is 22.1 Å². The predicted molar refractivity (Wildman–Crippen MR) is 124 cm³/mol. The number of hydrogen-bond acceptors (Lipinski definition) is 7. The van der Waals surface area contributed by atoms with Crippen molar-refractivity contribution < 1.29 is 23.4 Å². The molecular formula is C26H29NO6. The van der Waals surface area contributed by atoms with Gasteiger partial charge in [0.15, 0.2) is 0 Å². The van der Waals surface area contributed by atoms with E-state index in [4.69, 9.17) is 18.6 Å². The first-order chi connectivity index (χ1) is 16.0. The quantitative estimate of drug-likeness (QED) is 0.289. The minimum atomic E-state index is -0.384. The van der Waals surface area contributed by atoms with Crippen LogP contribution in [0.5, 0.6) is 5.75 Å². The monoisotopic (exact) mass is 451 g/mol. The van der Waals surface area contributed by atoms with Crippen molar-refractivity contribution >= 4 is 16.9 Å². The number of carbonyl (C=O) groups is 1. The number of hydrogen-bond donors (Lipinski definition) is 0. The highest BCUT2D eigenvalue weighted by Crippen LogP contribution is 2.39. The average molecular weight is 452 g/mol. The number of ether oxygens (including phenoxy) is 3. The summed E-state index contributed by atoms with van der Waals surface area (Å²) in [7, 11) is 1.56. The fourth-order valence-corrected chi connectivity index (χ4v) is 4.20. The molecule has 0 fully saturated rings. The van der Waals surface area contributed by atoms with Crippen LogP contribution in [0.4, 0.5) is 0 Å². The number of fused-ring (bicyclic) bond motifs is 3. The van der Waals surface area contributed by atoms with Crippen LogP contribution in [0.15, 0.2) is 51.7 Å². The third-order valence-corrected chi connectivity index (χ3v) is 6.08. The van der Waals surface area contributed by atoms with Crippen molar-refractivity contribution in [2.24, 2.45) is 0 Å². The SMILES string of the molecule is COCCOC(=O)CCc1cc2c(C)cc(=O)oc2c2c1OCN(C(C)c1ccccc1)C2. The Morgan fingerprint density at radius 2 is 1.97 bits per heavy atom. The molecule has 0 N–H and O–H groups in total. The van der Waals surface area contributed by atoms with Gasteiger partial charge in [-0.1, -0.05) is 30.3 Å². The molecule has 1 aromatic heterocycles. The van der Waals surface area contributed by atoms with E-state index in [0.29, 0.717) is 37.6 Å². The van der Waals surface area contributed by atoms with Gasteiger partial charge in [-0.25, -0.2) is 4.79 Å². The normalized spacial score (nSPS) is 14.5. The van der Waals surface area contributed by atoms with Crippen molar-refractivity contribution in [3.63, 3.8) is 0 Å². The first-order valence-electron chi connectivity index (χ1n) is 11.1. The zero-order valence-corrected chi connectivity index (χ0v) is 19.3. The van der Waals surface area contributed by atoms with Gasteiger partial charge < -0.3 is 18.6 Å². The Morgan fingerprint density at radius 1 is 1.18 bits per heavy atom. The summed E-state index contributed by atoms with van der Waals surface area (Å²) in [5.74, 6) is 0.407. The molecule has 33 heavy (non-hydrogen) atoms. The number of methoxy groups -OCH3 is 1. The van der Waals surface area contributed by atoms with Crippen molar-refractivity contribution in [1.29, 1.82) is 0 Å². The second-order valence-corrected chi connectivity index (χ2v) is 8.29. The van der Waals surface area contributed by atoms with E-state index in [1.807, 2.05) is 31.2 Å². The molecule has 2 aromatic carbocycles. The maximum Gasteiger partial charge on any atom is 0.336 e. The van der Waals surface area contributed by atoms with E-state index in [1.165, 1.54) is 11.6 Å². The third kappa shape index (κ3) is 5.10. The van der Waals surface area contributed by atoms with Gasteiger partial charge in [-0.05, 0) is 43.0 Å². The minimum Gasteiger partial charge on any atom is -0.477 e. The maximum absolute atomic E-state index is 12.2. The van der Waals surface area contributed by atoms with Gasteiger partial charge in [-0.15, -0.1) is 0 Å². The number of carbonyl (C=O) groups excluding carboxylic acids is 1. The van der Waals surface area contributed by atoms with Gasteiger partial charge in [0.25, 0.3) is 0 Å². The van der Waals surface area contributed by atoms with Crippen molar-refractivity contribution in [2.45, 2.75) is 39.3 Å². The molecular weight excluding hydrogens is 422 g/mol. The lowest BCUT2D eigenvalue weighted by molar-refractivity contribution is -0.144. The summed E-state index contributed by atoms with van der Waals surface area (Å²) >= 11 is 0. The molecule has 1 unspecified atom stereocenters. The van der Waals surface area contributed by atoms with Crippen LogP contribution in [0.1, 0.15) is 41.6 Å². The highest BCUT2D eigenvalue weighted by atomic mass is 16.6. The molecule has 7 heteroatoms. The molecule has 174 valence electrons. The molecule has 0 bridgehead atoms. The van der Waals surface area contributed by atoms with Gasteiger partial charge >= 0.3 is 11.6 Å². The molecule has 0 spiro atoms. The van der Waals surface area contributed by atoms with Crippen LogP contribution >= 0.6 is 0 Å². The van der Waals surface area contributed by atoms with Crippen LogP contribution in [-0.4, -0.2) is 37.9 Å². The smallest absolute Gasteiger partial charge is 0.336 e. The summed E-state index contributed by atoms with van der Waals surface area (Å²) in [6, 6.07) is 13.8. The number of rotatable bonds is 8. The predicted octanol–water partition coefficient (Wildman–Crippen LogP) is 4.14. The first-order valence-corrected chi connectivity index (χ1v) is 11.1. The van der Waals surface area contributed by atoms with E-state index in [-0.39, 0.29) is 30.7 Å². The van der Waals surface area contributed by atoms with Gasteiger partial charge in [-0.2, -0.15) is 0 Å². The van der Waals surface area contributed by atoms with Crippen LogP contribution < -0.4 is 10.4 Å². The van der Waals surface area contributed by atoms with E-state index in [2.05, 4.69) is 24.0 Å². The van der Waals surface area contributed by atoms with Gasteiger partial charge in [0.2, 0.25) is 0 Å². The Bertz CT molecular complexity index is 1190. The molecule has 2 heterocycles. The van der Waals surface area contributed by atoms with Crippen molar-refractivity contribution in [2.75, 3.05) is 27.1 Å². The summed E-state index contributed by atoms with van der Waals surface area (Å²) in [4.78, 5) is 26.5. The Kier molecular flexibility index (Phi) is 7.11. The summed E-state index contributed by atoms with van der Waals surface area (Å²) in [6.45, 7) is 5.60. The fourth-order valence-electron chi connectivity index (χ4n) is 4.20. The lowest BCUT2D eigenvalue weighted by atomic mass is 9.97. The lowest BCUT2D eigenvalue weighted by Gasteiger charge is -2.35. The molecule has 0 saturated heterocycles. The Labute approximate surface area is 192 Å². The van der Waals surface area contributed by atoms with Gasteiger partial charge in [0, 0.05) is 37.6 Å². The standard InChI is InChI=1S/C26H29NO6/c1-17-13-24(29)33-26-21(17)14-20(9-10-23(28)31-12-11-30-3)25-22(26)15-27(16-32-25)18(2)19-7-5-4-6-8-19/h4-8,13-14,18H,9-12,15-16H2,1-3H3. The molecule has 4 rings (SSSR count). The Balaban J connectivity index is 1.66. The summed E-state index contributed by atoms with van der Waals surface area (Å²) in [5.41, 5.74) is 3.93. The average Bonchev–Trinajstić information content (AvgIpc) is 2.83. The van der Waals surface area contributed by atoms with E-state index in [1.54, 1.807) is 7.11 Å². The van der Waals surface area contributed by atoms with Crippen LogP contribution in [-0.2, 0) is 27.2 Å². The minimum absolute atomic E-state index is 0.116. The molecule has 1 aliphatic heterocycles.